The number of nitrogens with zero attached hydrogens (tertiary/aromatic N) is 3. The molecule has 2 aromatic heterocycles. The van der Waals surface area contributed by atoms with Crippen molar-refractivity contribution in [1.29, 1.82) is 0 Å². The van der Waals surface area contributed by atoms with Gasteiger partial charge >= 0.3 is 0 Å². The van der Waals surface area contributed by atoms with Crippen LogP contribution in [0.15, 0.2) is 15.2 Å². The molecular weight excluding hydrogens is 308 g/mol. The lowest BCUT2D eigenvalue weighted by atomic mass is 10.2. The Labute approximate surface area is 121 Å². The van der Waals surface area contributed by atoms with Gasteiger partial charge in [-0.15, -0.1) is 0 Å². The van der Waals surface area contributed by atoms with Gasteiger partial charge in [-0.3, -0.25) is 0 Å². The maximum Gasteiger partial charge on any atom is 0.138 e. The van der Waals surface area contributed by atoms with Gasteiger partial charge in [0.05, 0.1) is 5.69 Å². The quantitative estimate of drug-likeness (QED) is 0.871. The highest BCUT2D eigenvalue weighted by molar-refractivity contribution is 9.10. The molecule has 0 atom stereocenters. The second kappa shape index (κ2) is 5.69. The summed E-state index contributed by atoms with van der Waals surface area (Å²) in [4.78, 5) is 8.84. The summed E-state index contributed by atoms with van der Waals surface area (Å²) in [5.41, 5.74) is 1.98. The molecule has 2 rings (SSSR count). The summed E-state index contributed by atoms with van der Waals surface area (Å²) in [7, 11) is 0. The van der Waals surface area contributed by atoms with Gasteiger partial charge in [0, 0.05) is 24.1 Å². The molecule has 0 aliphatic rings. The zero-order valence-electron chi connectivity index (χ0n) is 11.5. The van der Waals surface area contributed by atoms with Crippen molar-refractivity contribution in [2.45, 2.75) is 40.2 Å². The van der Waals surface area contributed by atoms with Gasteiger partial charge in [-0.05, 0) is 29.8 Å². The molecular formula is C13H17BrN4O. The predicted molar refractivity (Wildman–Crippen MR) is 77.1 cm³/mol. The fraction of sp³-hybridized carbons (Fsp3) is 0.462. The van der Waals surface area contributed by atoms with Crippen LogP contribution in [-0.4, -0.2) is 15.1 Å². The van der Waals surface area contributed by atoms with E-state index in [1.807, 2.05) is 19.9 Å². The first-order valence-corrected chi connectivity index (χ1v) is 6.96. The molecule has 5 nitrogen and oxygen atoms in total. The van der Waals surface area contributed by atoms with E-state index in [-0.39, 0.29) is 5.92 Å². The summed E-state index contributed by atoms with van der Waals surface area (Å²) in [5.74, 6) is 2.74. The van der Waals surface area contributed by atoms with Crippen molar-refractivity contribution < 1.29 is 4.52 Å². The number of aromatic nitrogens is 3. The van der Waals surface area contributed by atoms with Crippen molar-refractivity contribution in [2.75, 3.05) is 5.32 Å². The molecule has 0 unspecified atom stereocenters. The van der Waals surface area contributed by atoms with Crippen molar-refractivity contribution in [3.63, 3.8) is 0 Å². The number of aryl methyl sites for hydroxylation is 2. The summed E-state index contributed by atoms with van der Waals surface area (Å²) in [6, 6.07) is 1.87. The van der Waals surface area contributed by atoms with E-state index in [4.69, 9.17) is 4.52 Å². The second-order valence-electron chi connectivity index (χ2n) is 4.75. The number of anilines is 1. The molecule has 0 aliphatic carbocycles. The topological polar surface area (TPSA) is 63.8 Å². The smallest absolute Gasteiger partial charge is 0.138 e. The summed E-state index contributed by atoms with van der Waals surface area (Å²) in [6.07, 6.45) is 0. The number of nitrogens with one attached hydrogen (secondary N) is 1. The number of halogens is 1. The Balaban J connectivity index is 2.16. The fourth-order valence-electron chi connectivity index (χ4n) is 1.72. The molecule has 6 heteroatoms. The lowest BCUT2D eigenvalue weighted by Gasteiger charge is -2.09. The predicted octanol–water partition coefficient (Wildman–Crippen LogP) is 3.58. The Morgan fingerprint density at radius 1 is 1.32 bits per heavy atom. The monoisotopic (exact) mass is 324 g/mol. The molecule has 0 radical (unpaired) electrons. The van der Waals surface area contributed by atoms with Gasteiger partial charge in [0.25, 0.3) is 0 Å². The molecule has 102 valence electrons. The van der Waals surface area contributed by atoms with Crippen LogP contribution in [0.2, 0.25) is 0 Å². The third-order valence-electron chi connectivity index (χ3n) is 2.86. The minimum absolute atomic E-state index is 0.289. The summed E-state index contributed by atoms with van der Waals surface area (Å²) < 4.78 is 5.92. The second-order valence-corrected chi connectivity index (χ2v) is 5.56. The van der Waals surface area contributed by atoms with Crippen molar-refractivity contribution in [2.24, 2.45) is 0 Å². The fourth-order valence-corrected chi connectivity index (χ4v) is 2.12. The van der Waals surface area contributed by atoms with E-state index < -0.39 is 0 Å². The van der Waals surface area contributed by atoms with Crippen LogP contribution in [0.5, 0.6) is 0 Å². The van der Waals surface area contributed by atoms with E-state index >= 15 is 0 Å². The van der Waals surface area contributed by atoms with Crippen LogP contribution in [0.1, 0.15) is 42.6 Å². The molecule has 0 spiro atoms. The van der Waals surface area contributed by atoms with E-state index in [0.29, 0.717) is 6.54 Å². The maximum atomic E-state index is 5.14. The molecule has 0 aliphatic heterocycles. The standard InChI is InChI=1S/C13H17BrN4O/c1-7(2)13-16-11(14)5-12(17-13)15-6-10-8(3)18-19-9(10)4/h5,7H,6H2,1-4H3,(H,15,16,17). The third-order valence-corrected chi connectivity index (χ3v) is 3.26. The van der Waals surface area contributed by atoms with Crippen LogP contribution >= 0.6 is 15.9 Å². The minimum atomic E-state index is 0.289. The Kier molecular flexibility index (Phi) is 4.19. The first-order chi connectivity index (χ1) is 8.97. The highest BCUT2D eigenvalue weighted by Crippen LogP contribution is 2.19. The SMILES string of the molecule is Cc1noc(C)c1CNc1cc(Br)nc(C(C)C)n1. The van der Waals surface area contributed by atoms with Crippen LogP contribution in [0, 0.1) is 13.8 Å². The van der Waals surface area contributed by atoms with E-state index in [1.165, 1.54) is 0 Å². The Morgan fingerprint density at radius 2 is 2.05 bits per heavy atom. The average Bonchev–Trinajstić information content (AvgIpc) is 2.66. The Morgan fingerprint density at radius 3 is 2.63 bits per heavy atom. The molecule has 0 bridgehead atoms. The van der Waals surface area contributed by atoms with Crippen LogP contribution < -0.4 is 5.32 Å². The first-order valence-electron chi connectivity index (χ1n) is 6.17. The average molecular weight is 325 g/mol. The van der Waals surface area contributed by atoms with E-state index in [2.05, 4.69) is 50.2 Å². The Bertz CT molecular complexity index is 561. The third kappa shape index (κ3) is 3.32. The number of hydrogen-bond acceptors (Lipinski definition) is 5. The summed E-state index contributed by atoms with van der Waals surface area (Å²) in [5, 5.41) is 7.22. The van der Waals surface area contributed by atoms with Gasteiger partial charge in [-0.1, -0.05) is 19.0 Å². The number of hydrogen-bond donors (Lipinski definition) is 1. The van der Waals surface area contributed by atoms with E-state index in [0.717, 1.165) is 33.3 Å². The van der Waals surface area contributed by atoms with E-state index in [1.54, 1.807) is 0 Å². The lowest BCUT2D eigenvalue weighted by Crippen LogP contribution is -2.06. The molecule has 0 aromatic carbocycles. The van der Waals surface area contributed by atoms with Crippen molar-refractivity contribution in [3.8, 4) is 0 Å². The summed E-state index contributed by atoms with van der Waals surface area (Å²) in [6.45, 7) is 8.62. The molecule has 0 saturated carbocycles. The van der Waals surface area contributed by atoms with Crippen molar-refractivity contribution in [3.05, 3.63) is 33.5 Å². The molecule has 1 N–H and O–H groups in total. The molecule has 0 saturated heterocycles. The van der Waals surface area contributed by atoms with Crippen molar-refractivity contribution in [1.82, 2.24) is 15.1 Å². The van der Waals surface area contributed by atoms with Gasteiger partial charge in [-0.25, -0.2) is 9.97 Å². The first kappa shape index (κ1) is 14.0. The van der Waals surface area contributed by atoms with Crippen molar-refractivity contribution >= 4 is 21.7 Å². The van der Waals surface area contributed by atoms with Gasteiger partial charge in [-0.2, -0.15) is 0 Å². The zero-order valence-corrected chi connectivity index (χ0v) is 13.1. The molecule has 2 aromatic rings. The molecule has 19 heavy (non-hydrogen) atoms. The number of rotatable bonds is 4. The Hall–Kier alpha value is -1.43. The van der Waals surface area contributed by atoms with Crippen LogP contribution in [-0.2, 0) is 6.54 Å². The van der Waals surface area contributed by atoms with E-state index in [9.17, 15) is 0 Å². The molecule has 0 amide bonds. The largest absolute Gasteiger partial charge is 0.366 e. The maximum absolute atomic E-state index is 5.14. The van der Waals surface area contributed by atoms with Crippen LogP contribution in [0.4, 0.5) is 5.82 Å². The normalized spacial score (nSPS) is 11.1. The van der Waals surface area contributed by atoms with Gasteiger partial charge < -0.3 is 9.84 Å². The zero-order chi connectivity index (χ0) is 14.0. The van der Waals surface area contributed by atoms with Gasteiger partial charge in [0.15, 0.2) is 0 Å². The van der Waals surface area contributed by atoms with Gasteiger partial charge in [0.2, 0.25) is 0 Å². The van der Waals surface area contributed by atoms with Crippen LogP contribution in [0.25, 0.3) is 0 Å². The van der Waals surface area contributed by atoms with Crippen LogP contribution in [0.3, 0.4) is 0 Å². The minimum Gasteiger partial charge on any atom is -0.366 e. The molecule has 0 fully saturated rings. The lowest BCUT2D eigenvalue weighted by molar-refractivity contribution is 0.392. The summed E-state index contributed by atoms with van der Waals surface area (Å²) >= 11 is 3.41. The highest BCUT2D eigenvalue weighted by atomic mass is 79.9. The molecule has 2 heterocycles. The highest BCUT2D eigenvalue weighted by Gasteiger charge is 2.10. The van der Waals surface area contributed by atoms with Gasteiger partial charge in [0.1, 0.15) is 22.0 Å².